The predicted molar refractivity (Wildman–Crippen MR) is 128 cm³/mol. The first-order valence-electron chi connectivity index (χ1n) is 10.6. The smallest absolute Gasteiger partial charge is 0.319 e. The molecule has 2 heterocycles. The van der Waals surface area contributed by atoms with Crippen LogP contribution in [-0.4, -0.2) is 27.4 Å². The second-order valence-corrected chi connectivity index (χ2v) is 7.80. The maximum atomic E-state index is 12.7. The highest BCUT2D eigenvalue weighted by Gasteiger charge is 2.10. The van der Waals surface area contributed by atoms with Crippen LogP contribution in [0.15, 0.2) is 79.1 Å². The Morgan fingerprint density at radius 3 is 2.55 bits per heavy atom. The number of carbonyl (C=O) groups is 2. The van der Waals surface area contributed by atoms with Gasteiger partial charge in [0.05, 0.1) is 5.69 Å². The van der Waals surface area contributed by atoms with Gasteiger partial charge >= 0.3 is 6.03 Å². The molecule has 168 valence electrons. The summed E-state index contributed by atoms with van der Waals surface area (Å²) in [5.74, 6) is 0.325. The van der Waals surface area contributed by atoms with E-state index in [2.05, 4.69) is 20.9 Å². The highest BCUT2D eigenvalue weighted by Crippen LogP contribution is 2.20. The molecule has 0 saturated carbocycles. The number of fused-ring (bicyclic) bond motifs is 1. The Bertz CT molecular complexity index is 1250. The lowest BCUT2D eigenvalue weighted by Gasteiger charge is -2.11. The fourth-order valence-corrected chi connectivity index (χ4v) is 3.25. The molecule has 0 unspecified atom stereocenters. The number of urea groups is 1. The first kappa shape index (κ1) is 21.9. The number of ether oxygens (including phenoxy) is 1. The highest BCUT2D eigenvalue weighted by molar-refractivity contribution is 6.05. The number of hydrogen-bond donors (Lipinski definition) is 3. The molecular weight excluding hydrogens is 418 g/mol. The first-order chi connectivity index (χ1) is 16.0. The lowest BCUT2D eigenvalue weighted by Crippen LogP contribution is -2.34. The van der Waals surface area contributed by atoms with Gasteiger partial charge in [0.1, 0.15) is 18.0 Å². The molecule has 2 aromatic carbocycles. The summed E-state index contributed by atoms with van der Waals surface area (Å²) in [5, 5.41) is 8.34. The summed E-state index contributed by atoms with van der Waals surface area (Å²) in [6, 6.07) is 19.4. The third kappa shape index (κ3) is 5.88. The first-order valence-corrected chi connectivity index (χ1v) is 10.6. The van der Waals surface area contributed by atoms with E-state index in [0.717, 1.165) is 11.3 Å². The lowest BCUT2D eigenvalue weighted by molar-refractivity contribution is 0.102. The van der Waals surface area contributed by atoms with E-state index in [9.17, 15) is 9.59 Å². The summed E-state index contributed by atoms with van der Waals surface area (Å²) < 4.78 is 7.80. The number of hydrogen-bond acceptors (Lipinski definition) is 4. The van der Waals surface area contributed by atoms with E-state index in [-0.39, 0.29) is 18.0 Å². The largest absolute Gasteiger partial charge is 0.487 e. The van der Waals surface area contributed by atoms with Crippen molar-refractivity contribution in [2.75, 3.05) is 10.6 Å². The zero-order valence-electron chi connectivity index (χ0n) is 18.4. The predicted octanol–water partition coefficient (Wildman–Crippen LogP) is 4.70. The zero-order valence-corrected chi connectivity index (χ0v) is 18.4. The molecule has 33 heavy (non-hydrogen) atoms. The number of amides is 3. The van der Waals surface area contributed by atoms with E-state index >= 15 is 0 Å². The molecule has 8 heteroatoms. The topological polar surface area (TPSA) is 96.8 Å². The van der Waals surface area contributed by atoms with Gasteiger partial charge in [0.25, 0.3) is 5.91 Å². The molecule has 3 N–H and O–H groups in total. The number of imidazole rings is 1. The number of aromatic nitrogens is 2. The molecule has 0 atom stereocenters. The van der Waals surface area contributed by atoms with Crippen LogP contribution < -0.4 is 20.7 Å². The third-order valence-corrected chi connectivity index (χ3v) is 4.69. The normalized spacial score (nSPS) is 10.8. The van der Waals surface area contributed by atoms with Crippen LogP contribution in [0.1, 0.15) is 29.9 Å². The van der Waals surface area contributed by atoms with Crippen molar-refractivity contribution in [3.05, 3.63) is 90.4 Å². The Morgan fingerprint density at radius 1 is 0.970 bits per heavy atom. The Labute approximate surface area is 191 Å². The molecule has 0 spiro atoms. The van der Waals surface area contributed by atoms with Crippen molar-refractivity contribution in [2.45, 2.75) is 26.5 Å². The molecule has 0 saturated heterocycles. The average molecular weight is 444 g/mol. The summed E-state index contributed by atoms with van der Waals surface area (Å²) in [6.07, 6.45) is 3.85. The van der Waals surface area contributed by atoms with Crippen LogP contribution in [0.2, 0.25) is 0 Å². The van der Waals surface area contributed by atoms with Gasteiger partial charge in [0.2, 0.25) is 0 Å². The van der Waals surface area contributed by atoms with E-state index < -0.39 is 0 Å². The number of nitrogens with one attached hydrogen (secondary N) is 3. The minimum absolute atomic E-state index is 0.0127. The maximum absolute atomic E-state index is 12.7. The Morgan fingerprint density at radius 2 is 1.76 bits per heavy atom. The zero-order chi connectivity index (χ0) is 23.2. The SMILES string of the molecule is CC(C)NC(=O)Nc1cccc(C(=O)Nc2cccc(OCc3cn4ccccc4n3)c2)c1. The van der Waals surface area contributed by atoms with Gasteiger partial charge in [-0.25, -0.2) is 9.78 Å². The Hall–Kier alpha value is -4.33. The van der Waals surface area contributed by atoms with Crippen LogP contribution >= 0.6 is 0 Å². The van der Waals surface area contributed by atoms with Crippen molar-refractivity contribution < 1.29 is 14.3 Å². The molecule has 0 aliphatic carbocycles. The van der Waals surface area contributed by atoms with Gasteiger partial charge in [0.15, 0.2) is 0 Å². The Balaban J connectivity index is 1.38. The number of benzene rings is 2. The molecule has 2 aromatic heterocycles. The molecule has 4 rings (SSSR count). The van der Waals surface area contributed by atoms with Crippen molar-refractivity contribution in [2.24, 2.45) is 0 Å². The quantitative estimate of drug-likeness (QED) is 0.386. The van der Waals surface area contributed by atoms with Gasteiger partial charge in [-0.05, 0) is 56.3 Å². The van der Waals surface area contributed by atoms with Gasteiger partial charge in [-0.2, -0.15) is 0 Å². The van der Waals surface area contributed by atoms with Gasteiger partial charge in [-0.1, -0.05) is 18.2 Å². The number of anilines is 2. The van der Waals surface area contributed by atoms with E-state index in [1.807, 2.05) is 61.0 Å². The van der Waals surface area contributed by atoms with E-state index in [1.165, 1.54) is 0 Å². The molecule has 0 aliphatic heterocycles. The molecule has 4 aromatic rings. The van der Waals surface area contributed by atoms with Crippen molar-refractivity contribution in [1.82, 2.24) is 14.7 Å². The molecule has 0 bridgehead atoms. The molecule has 0 radical (unpaired) electrons. The Kier molecular flexibility index (Phi) is 6.54. The summed E-state index contributed by atoms with van der Waals surface area (Å²) in [6.45, 7) is 4.06. The lowest BCUT2D eigenvalue weighted by atomic mass is 10.2. The molecule has 8 nitrogen and oxygen atoms in total. The standard InChI is InChI=1S/C25H25N5O3/c1-17(2)26-25(32)29-19-8-5-7-18(13-19)24(31)28-20-9-6-10-22(14-20)33-16-21-15-30-12-4-3-11-23(30)27-21/h3-15,17H,16H2,1-2H3,(H,28,31)(H2,26,29,32). The van der Waals surface area contributed by atoms with Crippen LogP contribution in [0.3, 0.4) is 0 Å². The van der Waals surface area contributed by atoms with Crippen molar-refractivity contribution in [3.8, 4) is 5.75 Å². The minimum Gasteiger partial charge on any atom is -0.487 e. The molecule has 3 amide bonds. The number of carbonyl (C=O) groups excluding carboxylic acids is 2. The summed E-state index contributed by atoms with van der Waals surface area (Å²) in [4.78, 5) is 29.1. The monoisotopic (exact) mass is 443 g/mol. The number of pyridine rings is 1. The minimum atomic E-state index is -0.321. The van der Waals surface area contributed by atoms with Crippen LogP contribution in [0.25, 0.3) is 5.65 Å². The third-order valence-electron chi connectivity index (χ3n) is 4.69. The maximum Gasteiger partial charge on any atom is 0.319 e. The highest BCUT2D eigenvalue weighted by atomic mass is 16.5. The van der Waals surface area contributed by atoms with Gasteiger partial charge in [-0.3, -0.25) is 4.79 Å². The van der Waals surface area contributed by atoms with Gasteiger partial charge in [0, 0.05) is 41.4 Å². The van der Waals surface area contributed by atoms with Crippen molar-refractivity contribution in [1.29, 1.82) is 0 Å². The number of rotatable bonds is 7. The van der Waals surface area contributed by atoms with Gasteiger partial charge < -0.3 is 25.1 Å². The number of nitrogens with zero attached hydrogens (tertiary/aromatic N) is 2. The average Bonchev–Trinajstić information content (AvgIpc) is 3.21. The van der Waals surface area contributed by atoms with Crippen molar-refractivity contribution in [3.63, 3.8) is 0 Å². The van der Waals surface area contributed by atoms with Crippen LogP contribution in [0, 0.1) is 0 Å². The fraction of sp³-hybridized carbons (Fsp3) is 0.160. The summed E-state index contributed by atoms with van der Waals surface area (Å²) >= 11 is 0. The van der Waals surface area contributed by atoms with Crippen LogP contribution in [0.4, 0.5) is 16.2 Å². The molecule has 0 fully saturated rings. The van der Waals surface area contributed by atoms with E-state index in [1.54, 1.807) is 36.4 Å². The van der Waals surface area contributed by atoms with Crippen molar-refractivity contribution >= 4 is 29.0 Å². The van der Waals surface area contributed by atoms with Gasteiger partial charge in [-0.15, -0.1) is 0 Å². The van der Waals surface area contributed by atoms with Crippen LogP contribution in [0.5, 0.6) is 5.75 Å². The fourth-order valence-electron chi connectivity index (χ4n) is 3.25. The second kappa shape index (κ2) is 9.86. The van der Waals surface area contributed by atoms with E-state index in [0.29, 0.717) is 29.3 Å². The summed E-state index contributed by atoms with van der Waals surface area (Å²) in [7, 11) is 0. The summed E-state index contributed by atoms with van der Waals surface area (Å²) in [5.41, 5.74) is 3.22. The molecular formula is C25H25N5O3. The molecule has 0 aliphatic rings. The van der Waals surface area contributed by atoms with Crippen LogP contribution in [-0.2, 0) is 6.61 Å². The van der Waals surface area contributed by atoms with E-state index in [4.69, 9.17) is 4.74 Å². The second-order valence-electron chi connectivity index (χ2n) is 7.80.